The van der Waals surface area contributed by atoms with E-state index in [1.165, 1.54) is 25.7 Å². The number of rotatable bonds is 7. The van der Waals surface area contributed by atoms with Crippen LogP contribution in [0, 0.1) is 17.8 Å². The van der Waals surface area contributed by atoms with Gasteiger partial charge in [-0.1, -0.05) is 41.0 Å². The zero-order valence-electron chi connectivity index (χ0n) is 14.1. The number of carbonyl (C=O) groups is 1. The number of carbonyl (C=O) groups excluding carboxylic acids is 1. The molecule has 0 aliphatic carbocycles. The number of hydrogen-bond donors (Lipinski definition) is 1. The van der Waals surface area contributed by atoms with E-state index >= 15 is 0 Å². The molecule has 0 saturated carbocycles. The minimum atomic E-state index is 0.117. The molecule has 1 saturated heterocycles. The summed E-state index contributed by atoms with van der Waals surface area (Å²) in [7, 11) is 0. The van der Waals surface area contributed by atoms with Gasteiger partial charge in [0.15, 0.2) is 0 Å². The van der Waals surface area contributed by atoms with E-state index in [4.69, 9.17) is 0 Å². The molecule has 3 nitrogen and oxygen atoms in total. The Labute approximate surface area is 125 Å². The third-order valence-corrected chi connectivity index (χ3v) is 4.19. The molecule has 1 rings (SSSR count). The molecule has 1 fully saturated rings. The summed E-state index contributed by atoms with van der Waals surface area (Å²) in [5, 5.41) is 3.67. The summed E-state index contributed by atoms with van der Waals surface area (Å²) < 4.78 is 0. The molecule has 1 aliphatic heterocycles. The average Bonchev–Trinajstić information content (AvgIpc) is 2.37. The fraction of sp³-hybridized carbons (Fsp3) is 0.941. The monoisotopic (exact) mass is 282 g/mol. The van der Waals surface area contributed by atoms with Gasteiger partial charge >= 0.3 is 0 Å². The molecule has 118 valence electrons. The van der Waals surface area contributed by atoms with Crippen molar-refractivity contribution in [1.82, 2.24) is 10.2 Å². The number of likely N-dealkylation sites (tertiary alicyclic amines) is 1. The topological polar surface area (TPSA) is 32.3 Å². The van der Waals surface area contributed by atoms with Crippen LogP contribution in [0.25, 0.3) is 0 Å². The lowest BCUT2D eigenvalue weighted by molar-refractivity contribution is -0.136. The zero-order valence-corrected chi connectivity index (χ0v) is 14.1. The molecule has 3 heteroatoms. The Morgan fingerprint density at radius 2 is 1.95 bits per heavy atom. The van der Waals surface area contributed by atoms with Gasteiger partial charge in [0.2, 0.25) is 5.91 Å². The van der Waals surface area contributed by atoms with Crippen molar-refractivity contribution in [3.63, 3.8) is 0 Å². The predicted molar refractivity (Wildman–Crippen MR) is 85.7 cm³/mol. The molecule has 1 N–H and O–H groups in total. The highest BCUT2D eigenvalue weighted by molar-refractivity contribution is 5.78. The third kappa shape index (κ3) is 5.82. The van der Waals surface area contributed by atoms with Crippen molar-refractivity contribution in [3.05, 3.63) is 0 Å². The van der Waals surface area contributed by atoms with Gasteiger partial charge in [-0.3, -0.25) is 4.79 Å². The lowest BCUT2D eigenvalue weighted by Crippen LogP contribution is -2.52. The molecule has 1 amide bonds. The number of hydrogen-bond acceptors (Lipinski definition) is 2. The maximum absolute atomic E-state index is 12.3. The lowest BCUT2D eigenvalue weighted by Gasteiger charge is -2.39. The zero-order chi connectivity index (χ0) is 15.1. The average molecular weight is 282 g/mol. The second-order valence-electron chi connectivity index (χ2n) is 7.12. The van der Waals surface area contributed by atoms with Crippen LogP contribution in [0.2, 0.25) is 0 Å². The first-order chi connectivity index (χ1) is 9.43. The van der Waals surface area contributed by atoms with Crippen molar-refractivity contribution < 1.29 is 4.79 Å². The molecule has 0 spiro atoms. The molecule has 20 heavy (non-hydrogen) atoms. The lowest BCUT2D eigenvalue weighted by atomic mass is 9.89. The molecular formula is C17H34N2O. The molecule has 2 unspecified atom stereocenters. The van der Waals surface area contributed by atoms with Crippen LogP contribution >= 0.6 is 0 Å². The van der Waals surface area contributed by atoms with Crippen molar-refractivity contribution in [1.29, 1.82) is 0 Å². The van der Waals surface area contributed by atoms with Crippen molar-refractivity contribution in [3.8, 4) is 0 Å². The highest BCUT2D eigenvalue weighted by Crippen LogP contribution is 2.22. The van der Waals surface area contributed by atoms with Gasteiger partial charge in [-0.2, -0.15) is 0 Å². The van der Waals surface area contributed by atoms with E-state index in [0.717, 1.165) is 25.6 Å². The number of nitrogens with one attached hydrogen (secondary N) is 1. The summed E-state index contributed by atoms with van der Waals surface area (Å²) in [6, 6.07) is 0.488. The van der Waals surface area contributed by atoms with Gasteiger partial charge in [0.25, 0.3) is 0 Å². The molecular weight excluding hydrogens is 248 g/mol. The van der Waals surface area contributed by atoms with Crippen molar-refractivity contribution in [2.45, 2.75) is 66.3 Å². The minimum absolute atomic E-state index is 0.117. The van der Waals surface area contributed by atoms with Gasteiger partial charge in [-0.05, 0) is 37.6 Å². The van der Waals surface area contributed by atoms with E-state index in [2.05, 4.69) is 31.0 Å². The summed E-state index contributed by atoms with van der Waals surface area (Å²) in [6.07, 6.45) is 4.90. The predicted octanol–water partition coefficient (Wildman–Crippen LogP) is 3.30. The number of nitrogens with zero attached hydrogens (tertiary/aromatic N) is 1. The smallest absolute Gasteiger partial charge is 0.225 e. The fourth-order valence-electron chi connectivity index (χ4n) is 3.09. The minimum Gasteiger partial charge on any atom is -0.341 e. The van der Waals surface area contributed by atoms with Crippen LogP contribution in [-0.2, 0) is 4.79 Å². The van der Waals surface area contributed by atoms with Crippen LogP contribution in [0.5, 0.6) is 0 Å². The maximum atomic E-state index is 12.3. The molecule has 1 aliphatic rings. The molecule has 0 bridgehead atoms. The van der Waals surface area contributed by atoms with Crippen LogP contribution in [0.4, 0.5) is 0 Å². The van der Waals surface area contributed by atoms with Gasteiger partial charge in [0, 0.05) is 25.0 Å². The summed E-state index contributed by atoms with van der Waals surface area (Å²) in [5.74, 6) is 1.85. The number of amides is 1. The van der Waals surface area contributed by atoms with Gasteiger partial charge in [-0.15, -0.1) is 0 Å². The Hall–Kier alpha value is -0.570. The van der Waals surface area contributed by atoms with Crippen LogP contribution in [0.3, 0.4) is 0 Å². The molecule has 0 radical (unpaired) electrons. The second kappa shape index (κ2) is 8.66. The van der Waals surface area contributed by atoms with Gasteiger partial charge in [0.1, 0.15) is 0 Å². The van der Waals surface area contributed by atoms with Crippen LogP contribution in [0.15, 0.2) is 0 Å². The summed E-state index contributed by atoms with van der Waals surface area (Å²) in [5.41, 5.74) is 0. The maximum Gasteiger partial charge on any atom is 0.225 e. The van der Waals surface area contributed by atoms with E-state index in [1.807, 2.05) is 13.8 Å². The van der Waals surface area contributed by atoms with Gasteiger partial charge < -0.3 is 10.2 Å². The standard InChI is InChI=1S/C17H34N2O/c1-6-7-15-10-16(18-9-8-13(2)3)12-19(11-15)17(20)14(4)5/h13-16,18H,6-12H2,1-5H3. The Morgan fingerprint density at radius 3 is 2.50 bits per heavy atom. The molecule has 2 atom stereocenters. The quantitative estimate of drug-likeness (QED) is 0.777. The van der Waals surface area contributed by atoms with Gasteiger partial charge in [-0.25, -0.2) is 0 Å². The van der Waals surface area contributed by atoms with Crippen LogP contribution < -0.4 is 5.32 Å². The highest BCUT2D eigenvalue weighted by atomic mass is 16.2. The first-order valence-corrected chi connectivity index (χ1v) is 8.46. The van der Waals surface area contributed by atoms with Crippen molar-refractivity contribution >= 4 is 5.91 Å². The van der Waals surface area contributed by atoms with Crippen LogP contribution in [0.1, 0.15) is 60.3 Å². The first-order valence-electron chi connectivity index (χ1n) is 8.46. The molecule has 0 aromatic heterocycles. The Morgan fingerprint density at radius 1 is 1.25 bits per heavy atom. The van der Waals surface area contributed by atoms with E-state index in [0.29, 0.717) is 17.9 Å². The van der Waals surface area contributed by atoms with E-state index in [9.17, 15) is 4.79 Å². The largest absolute Gasteiger partial charge is 0.341 e. The normalized spacial score (nSPS) is 23.6. The molecule has 0 aromatic rings. The van der Waals surface area contributed by atoms with Crippen molar-refractivity contribution in [2.24, 2.45) is 17.8 Å². The Bertz CT molecular complexity index is 289. The summed E-state index contributed by atoms with van der Waals surface area (Å²) in [6.45, 7) is 13.7. The molecule has 0 aromatic carbocycles. The third-order valence-electron chi connectivity index (χ3n) is 4.19. The fourth-order valence-corrected chi connectivity index (χ4v) is 3.09. The first kappa shape index (κ1) is 17.5. The van der Waals surface area contributed by atoms with Crippen molar-refractivity contribution in [2.75, 3.05) is 19.6 Å². The van der Waals surface area contributed by atoms with Gasteiger partial charge in [0.05, 0.1) is 0 Å². The Balaban J connectivity index is 2.53. The second-order valence-corrected chi connectivity index (χ2v) is 7.12. The summed E-state index contributed by atoms with van der Waals surface area (Å²) >= 11 is 0. The highest BCUT2D eigenvalue weighted by Gasteiger charge is 2.30. The van der Waals surface area contributed by atoms with E-state index < -0.39 is 0 Å². The number of piperidine rings is 1. The van der Waals surface area contributed by atoms with E-state index in [1.54, 1.807) is 0 Å². The summed E-state index contributed by atoms with van der Waals surface area (Å²) in [4.78, 5) is 14.4. The van der Waals surface area contributed by atoms with Crippen LogP contribution in [-0.4, -0.2) is 36.5 Å². The van der Waals surface area contributed by atoms with E-state index in [-0.39, 0.29) is 5.92 Å². The Kier molecular flexibility index (Phi) is 7.57. The SMILES string of the molecule is CCCC1CC(NCCC(C)C)CN(C(=O)C(C)C)C1. The molecule has 1 heterocycles.